The fourth-order valence-electron chi connectivity index (χ4n) is 7.23. The third kappa shape index (κ3) is 2.80. The lowest BCUT2D eigenvalue weighted by Gasteiger charge is -2.50. The van der Waals surface area contributed by atoms with Crippen LogP contribution in [0.5, 0.6) is 11.5 Å². The highest BCUT2D eigenvalue weighted by Gasteiger charge is 2.53. The fraction of sp³-hybridized carbons (Fsp3) is 0.0263. The first kappa shape index (κ1) is 22.4. The van der Waals surface area contributed by atoms with Crippen LogP contribution in [-0.2, 0) is 5.41 Å². The summed E-state index contributed by atoms with van der Waals surface area (Å²) in [4.78, 5) is 16.3. The Labute approximate surface area is 237 Å². The summed E-state index contributed by atoms with van der Waals surface area (Å²) in [5.74, 6) is 1.70. The molecular weight excluding hydrogens is 502 g/mol. The Hall–Kier alpha value is -5.41. The summed E-state index contributed by atoms with van der Waals surface area (Å²) >= 11 is 0. The van der Waals surface area contributed by atoms with Gasteiger partial charge >= 0.3 is 0 Å². The van der Waals surface area contributed by atoms with Gasteiger partial charge in [-0.15, -0.1) is 0 Å². The van der Waals surface area contributed by atoms with E-state index in [9.17, 15) is 4.79 Å². The van der Waals surface area contributed by atoms with E-state index in [0.29, 0.717) is 0 Å². The highest BCUT2D eigenvalue weighted by molar-refractivity contribution is 6.15. The molecule has 2 heterocycles. The molecule has 0 amide bonds. The lowest BCUT2D eigenvalue weighted by Crippen LogP contribution is -2.42. The van der Waals surface area contributed by atoms with Crippen LogP contribution >= 0.6 is 0 Å². The number of nitrogens with zero attached hydrogens (tertiary/aromatic N) is 1. The van der Waals surface area contributed by atoms with Crippen LogP contribution in [0.3, 0.4) is 0 Å². The smallest absolute Gasteiger partial charge is 0.193 e. The van der Waals surface area contributed by atoms with Crippen molar-refractivity contribution >= 4 is 22.8 Å². The van der Waals surface area contributed by atoms with Crippen LogP contribution in [0.2, 0.25) is 0 Å². The molecule has 3 nitrogen and oxygen atoms in total. The zero-order chi connectivity index (χ0) is 27.1. The van der Waals surface area contributed by atoms with Crippen molar-refractivity contribution in [3.8, 4) is 22.6 Å². The Bertz CT molecular complexity index is 2010. The summed E-state index contributed by atoms with van der Waals surface area (Å²) < 4.78 is 6.55. The van der Waals surface area contributed by atoms with Crippen LogP contribution in [0, 0.1) is 0 Å². The number of hydrogen-bond donors (Lipinski definition) is 0. The lowest BCUT2D eigenvalue weighted by atomic mass is 9.57. The van der Waals surface area contributed by atoms with Crippen molar-refractivity contribution in [1.29, 1.82) is 0 Å². The second-order valence-corrected chi connectivity index (χ2v) is 10.8. The monoisotopic (exact) mass is 525 g/mol. The van der Waals surface area contributed by atoms with E-state index < -0.39 is 5.41 Å². The number of para-hydroxylation sites is 3. The van der Waals surface area contributed by atoms with Crippen molar-refractivity contribution in [2.75, 3.05) is 4.90 Å². The van der Waals surface area contributed by atoms with E-state index >= 15 is 0 Å². The fourth-order valence-corrected chi connectivity index (χ4v) is 7.23. The molecule has 0 radical (unpaired) electrons. The molecule has 3 heteroatoms. The first-order valence-electron chi connectivity index (χ1n) is 13.9. The molecule has 0 N–H and O–H groups in total. The number of hydrogen-bond acceptors (Lipinski definition) is 3. The van der Waals surface area contributed by atoms with Gasteiger partial charge in [0, 0.05) is 11.1 Å². The second kappa shape index (κ2) is 8.06. The SMILES string of the molecule is O=C1c2ccccc2C2(c3ccccc31)c1cc(-c3ccccc3)ccc1N1c3ccccc3Oc3cccc2c31. The quantitative estimate of drug-likeness (QED) is 0.214. The number of fused-ring (bicyclic) bond motifs is 10. The maximum absolute atomic E-state index is 14.0. The molecule has 0 unspecified atom stereocenters. The number of ether oxygens (including phenoxy) is 1. The van der Waals surface area contributed by atoms with E-state index in [1.165, 1.54) is 0 Å². The molecule has 0 atom stereocenters. The topological polar surface area (TPSA) is 29.5 Å². The van der Waals surface area contributed by atoms with E-state index in [1.807, 2.05) is 48.5 Å². The van der Waals surface area contributed by atoms with E-state index in [-0.39, 0.29) is 5.78 Å². The molecule has 0 saturated carbocycles. The Balaban J connectivity index is 1.49. The minimum absolute atomic E-state index is 0.0661. The molecule has 0 fully saturated rings. The van der Waals surface area contributed by atoms with Crippen LogP contribution in [0.1, 0.15) is 38.2 Å². The van der Waals surface area contributed by atoms with E-state index in [1.54, 1.807) is 0 Å². The Morgan fingerprint density at radius 1 is 0.488 bits per heavy atom. The lowest BCUT2D eigenvalue weighted by molar-refractivity contribution is 0.103. The van der Waals surface area contributed by atoms with Gasteiger partial charge < -0.3 is 9.64 Å². The summed E-state index contributed by atoms with van der Waals surface area (Å²) in [6, 6.07) is 48.1. The number of carbonyl (C=O) groups excluding carboxylic acids is 1. The van der Waals surface area contributed by atoms with Crippen LogP contribution in [0.25, 0.3) is 11.1 Å². The molecule has 2 aliphatic heterocycles. The predicted octanol–water partition coefficient (Wildman–Crippen LogP) is 9.17. The van der Waals surface area contributed by atoms with Crippen molar-refractivity contribution in [2.24, 2.45) is 0 Å². The third-order valence-corrected chi connectivity index (χ3v) is 8.85. The van der Waals surface area contributed by atoms with Gasteiger partial charge in [-0.1, -0.05) is 109 Å². The number of rotatable bonds is 1. The maximum atomic E-state index is 14.0. The molecular formula is C38H23NO2. The Morgan fingerprint density at radius 3 is 1.90 bits per heavy atom. The predicted molar refractivity (Wildman–Crippen MR) is 162 cm³/mol. The van der Waals surface area contributed by atoms with Crippen LogP contribution in [0.4, 0.5) is 17.1 Å². The zero-order valence-electron chi connectivity index (χ0n) is 22.0. The summed E-state index contributed by atoms with van der Waals surface area (Å²) in [6.45, 7) is 0. The number of ketones is 1. The molecule has 6 aromatic carbocycles. The van der Waals surface area contributed by atoms with Crippen LogP contribution < -0.4 is 9.64 Å². The molecule has 1 aliphatic carbocycles. The molecule has 0 bridgehead atoms. The van der Waals surface area contributed by atoms with Gasteiger partial charge in [0.25, 0.3) is 0 Å². The molecule has 192 valence electrons. The van der Waals surface area contributed by atoms with Crippen molar-refractivity contribution in [2.45, 2.75) is 5.41 Å². The molecule has 9 rings (SSSR count). The van der Waals surface area contributed by atoms with Crippen molar-refractivity contribution in [3.05, 3.63) is 173 Å². The van der Waals surface area contributed by atoms with Gasteiger partial charge in [-0.2, -0.15) is 0 Å². The van der Waals surface area contributed by atoms with Crippen molar-refractivity contribution < 1.29 is 9.53 Å². The molecule has 0 saturated heterocycles. The van der Waals surface area contributed by atoms with E-state index in [4.69, 9.17) is 4.74 Å². The summed E-state index contributed by atoms with van der Waals surface area (Å²) in [6.07, 6.45) is 0. The van der Waals surface area contributed by atoms with E-state index in [0.717, 1.165) is 73.1 Å². The summed E-state index contributed by atoms with van der Waals surface area (Å²) in [5, 5.41) is 0. The molecule has 41 heavy (non-hydrogen) atoms. The van der Waals surface area contributed by atoms with Gasteiger partial charge in [0.05, 0.1) is 22.5 Å². The maximum Gasteiger partial charge on any atom is 0.193 e. The van der Waals surface area contributed by atoms with Crippen molar-refractivity contribution in [3.63, 3.8) is 0 Å². The highest BCUT2D eigenvalue weighted by Crippen LogP contribution is 2.64. The molecule has 0 aromatic heterocycles. The number of benzene rings is 6. The second-order valence-electron chi connectivity index (χ2n) is 10.8. The van der Waals surface area contributed by atoms with Gasteiger partial charge in [0.1, 0.15) is 0 Å². The van der Waals surface area contributed by atoms with Gasteiger partial charge in [0.15, 0.2) is 17.3 Å². The first-order valence-corrected chi connectivity index (χ1v) is 13.9. The summed E-state index contributed by atoms with van der Waals surface area (Å²) in [7, 11) is 0. The van der Waals surface area contributed by atoms with Crippen LogP contribution in [-0.4, -0.2) is 5.78 Å². The van der Waals surface area contributed by atoms with Crippen molar-refractivity contribution in [1.82, 2.24) is 0 Å². The number of anilines is 3. The minimum atomic E-state index is -0.724. The van der Waals surface area contributed by atoms with Gasteiger partial charge in [-0.25, -0.2) is 0 Å². The number of carbonyl (C=O) groups is 1. The van der Waals surface area contributed by atoms with Crippen LogP contribution in [0.15, 0.2) is 140 Å². The molecule has 3 aliphatic rings. The molecule has 6 aromatic rings. The standard InChI is InChI=1S/C38H23NO2/c40-37-26-13-4-6-15-28(26)38(29-16-7-5-14-27(29)37)30-17-10-20-35-36(30)39(33-18-8-9-19-34(33)41-35)32-22-21-25(23-31(32)38)24-11-2-1-3-12-24/h1-23H. The zero-order valence-corrected chi connectivity index (χ0v) is 22.0. The average Bonchev–Trinajstić information content (AvgIpc) is 3.04. The van der Waals surface area contributed by atoms with Gasteiger partial charge in [0.2, 0.25) is 0 Å². The average molecular weight is 526 g/mol. The third-order valence-electron chi connectivity index (χ3n) is 8.85. The minimum Gasteiger partial charge on any atom is -0.453 e. The normalized spacial score (nSPS) is 14.7. The Morgan fingerprint density at radius 2 is 1.12 bits per heavy atom. The first-order chi connectivity index (χ1) is 20.3. The summed E-state index contributed by atoms with van der Waals surface area (Å²) in [5.41, 5.74) is 10.4. The van der Waals surface area contributed by atoms with Gasteiger partial charge in [-0.3, -0.25) is 4.79 Å². The van der Waals surface area contributed by atoms with E-state index in [2.05, 4.69) is 95.9 Å². The highest BCUT2D eigenvalue weighted by atomic mass is 16.5. The Kier molecular flexibility index (Phi) is 4.41. The molecule has 1 spiro atoms. The largest absolute Gasteiger partial charge is 0.453 e. The van der Waals surface area contributed by atoms with Gasteiger partial charge in [-0.05, 0) is 63.7 Å².